The summed E-state index contributed by atoms with van der Waals surface area (Å²) >= 11 is 0. The zero-order valence-corrected chi connectivity index (χ0v) is 15.8. The zero-order valence-electron chi connectivity index (χ0n) is 15.8. The molecule has 0 amide bonds. The minimum Gasteiger partial charge on any atom is -0.394 e. The summed E-state index contributed by atoms with van der Waals surface area (Å²) in [4.78, 5) is 0. The van der Waals surface area contributed by atoms with Crippen LogP contribution in [0.4, 0.5) is 11.4 Å². The summed E-state index contributed by atoms with van der Waals surface area (Å²) in [6.45, 7) is 2.03. The average molecular weight is 351 g/mol. The molecular formula is C21H29N5. The van der Waals surface area contributed by atoms with Gasteiger partial charge >= 0.3 is 0 Å². The fourth-order valence-corrected chi connectivity index (χ4v) is 2.48. The van der Waals surface area contributed by atoms with Crippen molar-refractivity contribution >= 4 is 17.1 Å². The number of allylic oxidation sites excluding steroid dienone is 4. The van der Waals surface area contributed by atoms with Crippen molar-refractivity contribution in [1.29, 1.82) is 0 Å². The summed E-state index contributed by atoms with van der Waals surface area (Å²) in [6, 6.07) is 8.37. The van der Waals surface area contributed by atoms with Gasteiger partial charge in [0.2, 0.25) is 0 Å². The van der Waals surface area contributed by atoms with Gasteiger partial charge in [-0.2, -0.15) is 5.10 Å². The maximum absolute atomic E-state index is 5.85. The topological polar surface area (TPSA) is 65.7 Å². The summed E-state index contributed by atoms with van der Waals surface area (Å²) in [5.41, 5.74) is 10.1. The molecule has 2 rings (SSSR count). The van der Waals surface area contributed by atoms with Crippen LogP contribution in [0.2, 0.25) is 0 Å². The van der Waals surface area contributed by atoms with E-state index in [4.69, 9.17) is 5.73 Å². The van der Waals surface area contributed by atoms with Gasteiger partial charge < -0.3 is 16.4 Å². The van der Waals surface area contributed by atoms with Gasteiger partial charge in [-0.15, -0.1) is 0 Å². The van der Waals surface area contributed by atoms with Crippen LogP contribution in [-0.4, -0.2) is 25.8 Å². The molecule has 4 N–H and O–H groups in total. The van der Waals surface area contributed by atoms with Gasteiger partial charge in [-0.05, 0) is 56.0 Å². The molecule has 5 heteroatoms. The molecule has 0 saturated carbocycles. The third kappa shape index (κ3) is 6.61. The van der Waals surface area contributed by atoms with Crippen molar-refractivity contribution < 1.29 is 0 Å². The van der Waals surface area contributed by atoms with Crippen molar-refractivity contribution in [2.24, 2.45) is 10.8 Å². The smallest absolute Gasteiger partial charge is 0.0592 e. The molecule has 0 aliphatic heterocycles. The number of hydrazone groups is 1. The van der Waals surface area contributed by atoms with Crippen LogP contribution in [0, 0.1) is 0 Å². The van der Waals surface area contributed by atoms with Crippen LogP contribution in [0.15, 0.2) is 77.7 Å². The Morgan fingerprint density at radius 3 is 2.73 bits per heavy atom. The van der Waals surface area contributed by atoms with E-state index in [0.717, 1.165) is 35.6 Å². The van der Waals surface area contributed by atoms with Crippen LogP contribution >= 0.6 is 0 Å². The van der Waals surface area contributed by atoms with Crippen LogP contribution in [0.1, 0.15) is 19.8 Å². The maximum Gasteiger partial charge on any atom is 0.0592 e. The first kappa shape index (κ1) is 19.5. The van der Waals surface area contributed by atoms with E-state index < -0.39 is 0 Å². The number of nitrogens with zero attached hydrogens (tertiary/aromatic N) is 2. The summed E-state index contributed by atoms with van der Waals surface area (Å²) in [5, 5.41) is 12.9. The second kappa shape index (κ2) is 10.3. The zero-order chi connectivity index (χ0) is 18.8. The molecule has 0 saturated heterocycles. The first-order valence-electron chi connectivity index (χ1n) is 8.86. The van der Waals surface area contributed by atoms with Crippen molar-refractivity contribution in [1.82, 2.24) is 5.32 Å². The number of rotatable bonds is 8. The Kier molecular flexibility index (Phi) is 7.71. The van der Waals surface area contributed by atoms with Gasteiger partial charge in [0.1, 0.15) is 0 Å². The summed E-state index contributed by atoms with van der Waals surface area (Å²) in [6.07, 6.45) is 15.8. The number of benzene rings is 1. The minimum atomic E-state index is 0.131. The fourth-order valence-electron chi connectivity index (χ4n) is 2.48. The number of nitrogens with one attached hydrogen (secondary N) is 2. The lowest BCUT2D eigenvalue weighted by atomic mass is 10.1. The molecular weight excluding hydrogens is 322 g/mol. The summed E-state index contributed by atoms with van der Waals surface area (Å²) in [5.74, 6) is 0. The van der Waals surface area contributed by atoms with Crippen LogP contribution in [0.5, 0.6) is 0 Å². The maximum atomic E-state index is 5.85. The summed E-state index contributed by atoms with van der Waals surface area (Å²) in [7, 11) is 3.84. The molecule has 0 bridgehead atoms. The third-order valence-electron chi connectivity index (χ3n) is 3.91. The van der Waals surface area contributed by atoms with Gasteiger partial charge in [0.15, 0.2) is 0 Å². The second-order valence-corrected chi connectivity index (χ2v) is 6.23. The monoisotopic (exact) mass is 351 g/mol. The Bertz CT molecular complexity index is 710. The van der Waals surface area contributed by atoms with E-state index >= 15 is 0 Å². The van der Waals surface area contributed by atoms with E-state index in [1.54, 1.807) is 0 Å². The average Bonchev–Trinajstić information content (AvgIpc) is 2.64. The Morgan fingerprint density at radius 2 is 2.08 bits per heavy atom. The Labute approximate surface area is 156 Å². The Balaban J connectivity index is 1.90. The van der Waals surface area contributed by atoms with Crippen LogP contribution < -0.4 is 21.4 Å². The van der Waals surface area contributed by atoms with Gasteiger partial charge in [-0.25, -0.2) is 0 Å². The third-order valence-corrected chi connectivity index (χ3v) is 3.91. The highest BCUT2D eigenvalue weighted by Gasteiger charge is 2.05. The lowest BCUT2D eigenvalue weighted by Crippen LogP contribution is -2.18. The van der Waals surface area contributed by atoms with E-state index in [1.807, 2.05) is 56.5 Å². The van der Waals surface area contributed by atoms with Gasteiger partial charge in [0.05, 0.1) is 5.69 Å². The molecule has 138 valence electrons. The van der Waals surface area contributed by atoms with Crippen LogP contribution in [0.25, 0.3) is 0 Å². The highest BCUT2D eigenvalue weighted by molar-refractivity contribution is 5.84. The van der Waals surface area contributed by atoms with Crippen LogP contribution in [-0.2, 0) is 0 Å². The van der Waals surface area contributed by atoms with Gasteiger partial charge in [0, 0.05) is 43.7 Å². The molecule has 5 nitrogen and oxygen atoms in total. The van der Waals surface area contributed by atoms with Gasteiger partial charge in [-0.1, -0.05) is 24.3 Å². The van der Waals surface area contributed by atoms with Crippen LogP contribution in [0.3, 0.4) is 0 Å². The van der Waals surface area contributed by atoms with Crippen molar-refractivity contribution in [3.8, 4) is 0 Å². The van der Waals surface area contributed by atoms with Crippen molar-refractivity contribution in [3.05, 3.63) is 72.6 Å². The Hall–Kier alpha value is -2.79. The molecule has 0 fully saturated rings. The first-order valence-corrected chi connectivity index (χ1v) is 8.86. The van der Waals surface area contributed by atoms with E-state index in [9.17, 15) is 0 Å². The molecule has 1 aliphatic carbocycles. The quantitative estimate of drug-likeness (QED) is 0.379. The first-order chi connectivity index (χ1) is 12.6. The molecule has 1 aromatic rings. The van der Waals surface area contributed by atoms with E-state index in [-0.39, 0.29) is 6.04 Å². The highest BCUT2D eigenvalue weighted by Crippen LogP contribution is 2.20. The van der Waals surface area contributed by atoms with E-state index in [0.29, 0.717) is 0 Å². The highest BCUT2D eigenvalue weighted by atomic mass is 15.4. The fraction of sp³-hybridized carbons (Fsp3) is 0.286. The number of hydrogen-bond acceptors (Lipinski definition) is 5. The largest absolute Gasteiger partial charge is 0.394 e. The van der Waals surface area contributed by atoms with Crippen molar-refractivity contribution in [2.75, 3.05) is 24.4 Å². The summed E-state index contributed by atoms with van der Waals surface area (Å²) < 4.78 is 0. The normalized spacial score (nSPS) is 17.6. The number of nitrogens with two attached hydrogens (primary N) is 1. The molecule has 1 unspecified atom stereocenters. The molecule has 1 aromatic carbocycles. The van der Waals surface area contributed by atoms with Gasteiger partial charge in [0.25, 0.3) is 0 Å². The van der Waals surface area contributed by atoms with Gasteiger partial charge in [-0.3, -0.25) is 5.01 Å². The lowest BCUT2D eigenvalue weighted by Gasteiger charge is -2.16. The molecule has 0 aromatic heterocycles. The molecule has 0 spiro atoms. The van der Waals surface area contributed by atoms with Crippen molar-refractivity contribution in [2.45, 2.75) is 25.8 Å². The lowest BCUT2D eigenvalue weighted by molar-refractivity contribution is 0.819. The number of hydrogen-bond donors (Lipinski definition) is 3. The molecule has 0 radical (unpaired) electrons. The predicted octanol–water partition coefficient (Wildman–Crippen LogP) is 3.76. The SMILES string of the molecule is CN/C=C\C=C/C/C(C)=N/N(C)c1ccc(NC2=CCC(N)C=C2)cc1. The molecule has 1 aliphatic rings. The van der Waals surface area contributed by atoms with E-state index in [2.05, 4.69) is 52.2 Å². The molecule has 0 heterocycles. The standard InChI is InChI=1S/C21H29N5/c1-17(7-5-4-6-16-23-2)25-26(3)21-14-12-20(13-15-21)24-19-10-8-18(22)9-11-19/h4-6,8,10-16,18,23-24H,7,9,22H2,1-3H3/b5-4-,16-6-,25-17+. The number of anilines is 2. The Morgan fingerprint density at radius 1 is 1.31 bits per heavy atom. The minimum absolute atomic E-state index is 0.131. The predicted molar refractivity (Wildman–Crippen MR) is 113 cm³/mol. The second-order valence-electron chi connectivity index (χ2n) is 6.23. The van der Waals surface area contributed by atoms with E-state index in [1.165, 1.54) is 0 Å². The molecule has 26 heavy (non-hydrogen) atoms. The molecule has 1 atom stereocenters. The van der Waals surface area contributed by atoms with Crippen molar-refractivity contribution in [3.63, 3.8) is 0 Å².